The molecule has 0 spiro atoms. The van der Waals surface area contributed by atoms with E-state index in [1.54, 1.807) is 11.8 Å². The summed E-state index contributed by atoms with van der Waals surface area (Å²) in [5.41, 5.74) is 7.26. The molecule has 3 aromatic rings. The zero-order valence-corrected chi connectivity index (χ0v) is 16.2. The summed E-state index contributed by atoms with van der Waals surface area (Å²) in [6.07, 6.45) is 0.607. The van der Waals surface area contributed by atoms with E-state index in [2.05, 4.69) is 15.5 Å². The van der Waals surface area contributed by atoms with Gasteiger partial charge in [0.15, 0.2) is 0 Å². The molecule has 2 aromatic carbocycles. The van der Waals surface area contributed by atoms with Crippen LogP contribution in [0.4, 0.5) is 5.13 Å². The average molecular weight is 405 g/mol. The van der Waals surface area contributed by atoms with Gasteiger partial charge in [-0.1, -0.05) is 53.3 Å². The predicted octanol–water partition coefficient (Wildman–Crippen LogP) is 4.04. The number of anilines is 1. The SMILES string of the molecule is Nc1nnc(CCNC(=O)c2ccccc2SCc2ccccc2Cl)s1. The lowest BCUT2D eigenvalue weighted by atomic mass is 10.2. The number of hydrogen-bond donors (Lipinski definition) is 2. The van der Waals surface area contributed by atoms with Crippen molar-refractivity contribution in [1.29, 1.82) is 0 Å². The van der Waals surface area contributed by atoms with Crippen LogP contribution in [0.2, 0.25) is 5.02 Å². The number of carbonyl (C=O) groups excluding carboxylic acids is 1. The maximum atomic E-state index is 12.5. The van der Waals surface area contributed by atoms with E-state index in [4.69, 9.17) is 17.3 Å². The molecule has 1 amide bonds. The van der Waals surface area contributed by atoms with Crippen molar-refractivity contribution in [3.8, 4) is 0 Å². The number of halogens is 1. The number of nitrogens with zero attached hydrogens (tertiary/aromatic N) is 2. The number of aromatic nitrogens is 2. The van der Waals surface area contributed by atoms with Gasteiger partial charge in [0.1, 0.15) is 5.01 Å². The van der Waals surface area contributed by atoms with E-state index in [0.29, 0.717) is 29.4 Å². The van der Waals surface area contributed by atoms with E-state index in [0.717, 1.165) is 20.5 Å². The topological polar surface area (TPSA) is 80.9 Å². The minimum absolute atomic E-state index is 0.107. The maximum absolute atomic E-state index is 12.5. The molecule has 0 aliphatic heterocycles. The van der Waals surface area contributed by atoms with Crippen LogP contribution >= 0.6 is 34.7 Å². The first-order valence-corrected chi connectivity index (χ1v) is 10.1. The fourth-order valence-electron chi connectivity index (χ4n) is 2.30. The zero-order chi connectivity index (χ0) is 18.4. The number of carbonyl (C=O) groups is 1. The highest BCUT2D eigenvalue weighted by atomic mass is 35.5. The van der Waals surface area contributed by atoms with Gasteiger partial charge < -0.3 is 11.1 Å². The van der Waals surface area contributed by atoms with Crippen molar-refractivity contribution in [3.63, 3.8) is 0 Å². The molecule has 0 radical (unpaired) electrons. The number of thioether (sulfide) groups is 1. The van der Waals surface area contributed by atoms with E-state index in [1.165, 1.54) is 11.3 Å². The molecule has 8 heteroatoms. The lowest BCUT2D eigenvalue weighted by molar-refractivity contribution is 0.0951. The Morgan fingerprint density at radius 1 is 1.15 bits per heavy atom. The van der Waals surface area contributed by atoms with Crippen molar-refractivity contribution in [3.05, 3.63) is 69.7 Å². The van der Waals surface area contributed by atoms with Gasteiger partial charge >= 0.3 is 0 Å². The Hall–Kier alpha value is -2.09. The van der Waals surface area contributed by atoms with Crippen molar-refractivity contribution >= 4 is 45.7 Å². The molecule has 1 heterocycles. The van der Waals surface area contributed by atoms with Gasteiger partial charge in [-0.25, -0.2) is 0 Å². The monoisotopic (exact) mass is 404 g/mol. The number of nitrogen functional groups attached to an aromatic ring is 1. The number of hydrogen-bond acceptors (Lipinski definition) is 6. The van der Waals surface area contributed by atoms with Crippen molar-refractivity contribution in [2.24, 2.45) is 0 Å². The van der Waals surface area contributed by atoms with Gasteiger partial charge in [0, 0.05) is 28.6 Å². The second-order valence-electron chi connectivity index (χ2n) is 5.42. The fourth-order valence-corrected chi connectivity index (χ4v) is 4.24. The smallest absolute Gasteiger partial charge is 0.252 e. The van der Waals surface area contributed by atoms with Crippen LogP contribution in [0.25, 0.3) is 0 Å². The second kappa shape index (κ2) is 9.02. The Balaban J connectivity index is 1.60. The molecule has 134 valence electrons. The number of amides is 1. The highest BCUT2D eigenvalue weighted by molar-refractivity contribution is 7.98. The Labute approximate surface area is 165 Å². The molecule has 0 unspecified atom stereocenters. The standard InChI is InChI=1S/C18H17ClN4OS2/c19-14-7-3-1-5-12(14)11-25-15-8-4-2-6-13(15)17(24)21-10-9-16-22-23-18(20)26-16/h1-8H,9-11H2,(H2,20,23)(H,21,24). The molecule has 5 nitrogen and oxygen atoms in total. The summed E-state index contributed by atoms with van der Waals surface area (Å²) in [4.78, 5) is 13.5. The Kier molecular flexibility index (Phi) is 6.49. The summed E-state index contributed by atoms with van der Waals surface area (Å²) in [6, 6.07) is 15.3. The van der Waals surface area contributed by atoms with Gasteiger partial charge in [0.2, 0.25) is 5.13 Å². The minimum atomic E-state index is -0.107. The number of benzene rings is 2. The molecular weight excluding hydrogens is 388 g/mol. The molecule has 0 aliphatic rings. The van der Waals surface area contributed by atoms with Gasteiger partial charge in [-0.05, 0) is 23.8 Å². The second-order valence-corrected chi connectivity index (χ2v) is 7.93. The number of nitrogens with one attached hydrogen (secondary N) is 1. The van der Waals surface area contributed by atoms with E-state index < -0.39 is 0 Å². The summed E-state index contributed by atoms with van der Waals surface area (Å²) >= 11 is 9.14. The van der Waals surface area contributed by atoms with Crippen LogP contribution in [0, 0.1) is 0 Å². The first-order chi connectivity index (χ1) is 12.6. The first kappa shape index (κ1) is 18.7. The summed E-state index contributed by atoms with van der Waals surface area (Å²) in [5.74, 6) is 0.596. The van der Waals surface area contributed by atoms with Crippen LogP contribution < -0.4 is 11.1 Å². The molecule has 0 bridgehead atoms. The van der Waals surface area contributed by atoms with Gasteiger partial charge in [0.25, 0.3) is 5.91 Å². The summed E-state index contributed by atoms with van der Waals surface area (Å²) in [6.45, 7) is 0.483. The van der Waals surface area contributed by atoms with E-state index in [-0.39, 0.29) is 5.91 Å². The molecule has 0 saturated carbocycles. The minimum Gasteiger partial charge on any atom is -0.374 e. The molecule has 0 atom stereocenters. The quantitative estimate of drug-likeness (QED) is 0.581. The normalized spacial score (nSPS) is 10.7. The average Bonchev–Trinajstić information content (AvgIpc) is 3.06. The molecule has 1 aromatic heterocycles. The maximum Gasteiger partial charge on any atom is 0.252 e. The lowest BCUT2D eigenvalue weighted by Crippen LogP contribution is -2.26. The van der Waals surface area contributed by atoms with Crippen molar-refractivity contribution < 1.29 is 4.79 Å². The highest BCUT2D eigenvalue weighted by Gasteiger charge is 2.12. The van der Waals surface area contributed by atoms with Gasteiger partial charge in [-0.3, -0.25) is 4.79 Å². The van der Waals surface area contributed by atoms with Gasteiger partial charge in [-0.15, -0.1) is 22.0 Å². The van der Waals surface area contributed by atoms with E-state index >= 15 is 0 Å². The lowest BCUT2D eigenvalue weighted by Gasteiger charge is -2.10. The van der Waals surface area contributed by atoms with Crippen LogP contribution in [0.3, 0.4) is 0 Å². The predicted molar refractivity (Wildman–Crippen MR) is 108 cm³/mol. The molecule has 3 rings (SSSR count). The largest absolute Gasteiger partial charge is 0.374 e. The van der Waals surface area contributed by atoms with Crippen molar-refractivity contribution in [2.75, 3.05) is 12.3 Å². The Morgan fingerprint density at radius 3 is 2.69 bits per heavy atom. The van der Waals surface area contributed by atoms with E-state index in [1.807, 2.05) is 48.5 Å². The fraction of sp³-hybridized carbons (Fsp3) is 0.167. The Bertz CT molecular complexity index is 900. The number of rotatable bonds is 7. The molecule has 0 saturated heterocycles. The van der Waals surface area contributed by atoms with Crippen LogP contribution in [0.15, 0.2) is 53.4 Å². The highest BCUT2D eigenvalue weighted by Crippen LogP contribution is 2.29. The number of nitrogens with two attached hydrogens (primary N) is 1. The summed E-state index contributed by atoms with van der Waals surface area (Å²) < 4.78 is 0. The van der Waals surface area contributed by atoms with Crippen LogP contribution in [0.1, 0.15) is 20.9 Å². The Morgan fingerprint density at radius 2 is 1.92 bits per heavy atom. The summed E-state index contributed by atoms with van der Waals surface area (Å²) in [7, 11) is 0. The van der Waals surface area contributed by atoms with Crippen LogP contribution in [-0.2, 0) is 12.2 Å². The molecule has 0 aliphatic carbocycles. The van der Waals surface area contributed by atoms with Gasteiger partial charge in [0.05, 0.1) is 5.56 Å². The van der Waals surface area contributed by atoms with Crippen LogP contribution in [-0.4, -0.2) is 22.6 Å². The molecule has 0 fully saturated rings. The van der Waals surface area contributed by atoms with Crippen LogP contribution in [0.5, 0.6) is 0 Å². The third-order valence-corrected chi connectivity index (χ3v) is 5.88. The zero-order valence-electron chi connectivity index (χ0n) is 13.8. The molecule has 3 N–H and O–H groups in total. The molecule has 26 heavy (non-hydrogen) atoms. The molecular formula is C18H17ClN4OS2. The third kappa shape index (κ3) is 4.97. The third-order valence-electron chi connectivity index (χ3n) is 3.58. The van der Waals surface area contributed by atoms with Crippen molar-refractivity contribution in [1.82, 2.24) is 15.5 Å². The van der Waals surface area contributed by atoms with Crippen molar-refractivity contribution in [2.45, 2.75) is 17.1 Å². The summed E-state index contributed by atoms with van der Waals surface area (Å²) in [5, 5.41) is 12.6. The van der Waals surface area contributed by atoms with Gasteiger partial charge in [-0.2, -0.15) is 0 Å². The first-order valence-electron chi connectivity index (χ1n) is 7.95. The van der Waals surface area contributed by atoms with E-state index in [9.17, 15) is 4.79 Å².